The lowest BCUT2D eigenvalue weighted by Crippen LogP contribution is -2.12. The number of rotatable bonds is 3. The normalized spacial score (nSPS) is 11.7. The van der Waals surface area contributed by atoms with E-state index in [0.717, 1.165) is 5.52 Å². The first-order chi connectivity index (χ1) is 9.95. The van der Waals surface area contributed by atoms with Crippen molar-refractivity contribution in [3.8, 4) is 0 Å². The topological polar surface area (TPSA) is 64.0 Å². The maximum absolute atomic E-state index is 12.4. The molecule has 21 heavy (non-hydrogen) atoms. The van der Waals surface area contributed by atoms with E-state index in [0.29, 0.717) is 16.2 Å². The Morgan fingerprint density at radius 1 is 1.19 bits per heavy atom. The fourth-order valence-electron chi connectivity index (χ4n) is 2.05. The van der Waals surface area contributed by atoms with Crippen LogP contribution in [0, 0.1) is 0 Å². The van der Waals surface area contributed by atoms with Gasteiger partial charge in [-0.1, -0.05) is 17.7 Å². The van der Waals surface area contributed by atoms with Crippen LogP contribution in [0.5, 0.6) is 0 Å². The van der Waals surface area contributed by atoms with Crippen LogP contribution in [0.3, 0.4) is 0 Å². The fraction of sp³-hybridized carbons (Fsp3) is 0.0714. The zero-order valence-corrected chi connectivity index (χ0v) is 12.7. The molecule has 0 bridgehead atoms. The number of sulfonamides is 1. The summed E-state index contributed by atoms with van der Waals surface area (Å²) in [6.45, 7) is 0. The van der Waals surface area contributed by atoms with Crippen LogP contribution in [-0.2, 0) is 17.1 Å². The van der Waals surface area contributed by atoms with Gasteiger partial charge in [-0.25, -0.2) is 13.4 Å². The average molecular weight is 322 g/mol. The largest absolute Gasteiger partial charge is 0.334 e. The Morgan fingerprint density at radius 3 is 2.76 bits per heavy atom. The van der Waals surface area contributed by atoms with Crippen LogP contribution in [0.15, 0.2) is 53.7 Å². The van der Waals surface area contributed by atoms with Gasteiger partial charge in [0.25, 0.3) is 10.0 Å². The highest BCUT2D eigenvalue weighted by Gasteiger charge is 2.15. The standard InChI is InChI=1S/C14H12ClN3O2S/c1-18-9-16-13-8-12(5-6-14(13)18)21(19,20)17-11-4-2-3-10(15)7-11/h2-9,17H,1H3. The summed E-state index contributed by atoms with van der Waals surface area (Å²) in [7, 11) is -1.82. The summed E-state index contributed by atoms with van der Waals surface area (Å²) in [5, 5.41) is 0.468. The van der Waals surface area contributed by atoms with E-state index >= 15 is 0 Å². The third-order valence-electron chi connectivity index (χ3n) is 3.08. The van der Waals surface area contributed by atoms with E-state index in [2.05, 4.69) is 9.71 Å². The molecule has 0 amide bonds. The molecule has 0 aliphatic rings. The van der Waals surface area contributed by atoms with Crippen LogP contribution < -0.4 is 4.72 Å². The molecule has 1 aromatic heterocycles. The number of nitrogens with zero attached hydrogens (tertiary/aromatic N) is 2. The lowest BCUT2D eigenvalue weighted by molar-refractivity contribution is 0.601. The highest BCUT2D eigenvalue weighted by atomic mass is 35.5. The van der Waals surface area contributed by atoms with Crippen molar-refractivity contribution in [1.29, 1.82) is 0 Å². The van der Waals surface area contributed by atoms with Gasteiger partial charge in [0.2, 0.25) is 0 Å². The Bertz CT molecular complexity index is 919. The maximum Gasteiger partial charge on any atom is 0.261 e. The molecule has 0 aliphatic heterocycles. The zero-order valence-electron chi connectivity index (χ0n) is 11.1. The Kier molecular flexibility index (Phi) is 3.35. The predicted octanol–water partition coefficient (Wildman–Crippen LogP) is 3.03. The number of halogens is 1. The smallest absolute Gasteiger partial charge is 0.261 e. The molecule has 3 rings (SSSR count). The Morgan fingerprint density at radius 2 is 2.00 bits per heavy atom. The van der Waals surface area contributed by atoms with Gasteiger partial charge in [0.05, 0.1) is 27.9 Å². The van der Waals surface area contributed by atoms with Crippen molar-refractivity contribution >= 4 is 38.3 Å². The minimum atomic E-state index is -3.67. The van der Waals surface area contributed by atoms with Gasteiger partial charge in [-0.3, -0.25) is 4.72 Å². The summed E-state index contributed by atoms with van der Waals surface area (Å²) >= 11 is 5.85. The lowest BCUT2D eigenvalue weighted by Gasteiger charge is -2.08. The van der Waals surface area contributed by atoms with E-state index in [1.807, 2.05) is 11.6 Å². The van der Waals surface area contributed by atoms with E-state index in [1.165, 1.54) is 0 Å². The second-order valence-electron chi connectivity index (χ2n) is 4.62. The van der Waals surface area contributed by atoms with Crippen molar-refractivity contribution < 1.29 is 8.42 Å². The molecule has 0 fully saturated rings. The number of benzene rings is 2. The third kappa shape index (κ3) is 2.72. The summed E-state index contributed by atoms with van der Waals surface area (Å²) < 4.78 is 29.1. The van der Waals surface area contributed by atoms with Gasteiger partial charge in [0.15, 0.2) is 0 Å². The molecule has 0 saturated carbocycles. The molecule has 5 nitrogen and oxygen atoms in total. The quantitative estimate of drug-likeness (QED) is 0.806. The molecule has 3 aromatic rings. The van der Waals surface area contributed by atoms with E-state index in [9.17, 15) is 8.42 Å². The van der Waals surface area contributed by atoms with Crippen molar-refractivity contribution in [2.24, 2.45) is 7.05 Å². The Balaban J connectivity index is 1.99. The number of aromatic nitrogens is 2. The van der Waals surface area contributed by atoms with Crippen molar-refractivity contribution in [2.45, 2.75) is 4.90 Å². The highest BCUT2D eigenvalue weighted by molar-refractivity contribution is 7.92. The number of imidazole rings is 1. The first-order valence-electron chi connectivity index (χ1n) is 6.15. The first kappa shape index (κ1) is 13.9. The molecule has 0 saturated heterocycles. The Hall–Kier alpha value is -2.05. The molecule has 1 heterocycles. The fourth-order valence-corrected chi connectivity index (χ4v) is 3.31. The summed E-state index contributed by atoms with van der Waals surface area (Å²) in [4.78, 5) is 4.32. The molecule has 0 unspecified atom stereocenters. The van der Waals surface area contributed by atoms with Crippen LogP contribution in [0.4, 0.5) is 5.69 Å². The van der Waals surface area contributed by atoms with Gasteiger partial charge >= 0.3 is 0 Å². The lowest BCUT2D eigenvalue weighted by atomic mass is 10.3. The van der Waals surface area contributed by atoms with Crippen LogP contribution in [0.1, 0.15) is 0 Å². The number of hydrogen-bond donors (Lipinski definition) is 1. The van der Waals surface area contributed by atoms with Crippen molar-refractivity contribution in [1.82, 2.24) is 9.55 Å². The summed E-state index contributed by atoms with van der Waals surface area (Å²) in [6.07, 6.45) is 1.64. The summed E-state index contributed by atoms with van der Waals surface area (Å²) in [5.74, 6) is 0. The summed E-state index contributed by atoms with van der Waals surface area (Å²) in [6, 6.07) is 11.4. The maximum atomic E-state index is 12.4. The first-order valence-corrected chi connectivity index (χ1v) is 8.01. The van der Waals surface area contributed by atoms with Gasteiger partial charge in [0.1, 0.15) is 0 Å². The van der Waals surface area contributed by atoms with Gasteiger partial charge in [-0.05, 0) is 36.4 Å². The number of hydrogen-bond acceptors (Lipinski definition) is 3. The minimum absolute atomic E-state index is 0.161. The van der Waals surface area contributed by atoms with Crippen LogP contribution >= 0.6 is 11.6 Å². The molecule has 0 atom stereocenters. The molecular formula is C14H12ClN3O2S. The molecule has 1 N–H and O–H groups in total. The van der Waals surface area contributed by atoms with Gasteiger partial charge < -0.3 is 4.57 Å². The van der Waals surface area contributed by atoms with Gasteiger partial charge in [0, 0.05) is 12.1 Å². The van der Waals surface area contributed by atoms with Crippen LogP contribution in [-0.4, -0.2) is 18.0 Å². The Labute approximate surface area is 127 Å². The average Bonchev–Trinajstić information content (AvgIpc) is 2.79. The van der Waals surface area contributed by atoms with Gasteiger partial charge in [-0.15, -0.1) is 0 Å². The molecule has 0 spiro atoms. The van der Waals surface area contributed by atoms with E-state index in [4.69, 9.17) is 11.6 Å². The van der Waals surface area contributed by atoms with Gasteiger partial charge in [-0.2, -0.15) is 0 Å². The highest BCUT2D eigenvalue weighted by Crippen LogP contribution is 2.22. The molecular weight excluding hydrogens is 310 g/mol. The van der Waals surface area contributed by atoms with E-state index in [1.54, 1.807) is 48.8 Å². The molecule has 7 heteroatoms. The molecule has 2 aromatic carbocycles. The van der Waals surface area contributed by atoms with Crippen molar-refractivity contribution in [2.75, 3.05) is 4.72 Å². The van der Waals surface area contributed by atoms with Crippen molar-refractivity contribution in [3.05, 3.63) is 53.8 Å². The second kappa shape index (κ2) is 5.05. The number of fused-ring (bicyclic) bond motifs is 1. The molecule has 0 radical (unpaired) electrons. The molecule has 108 valence electrons. The minimum Gasteiger partial charge on any atom is -0.334 e. The number of aryl methyl sites for hydroxylation is 1. The van der Waals surface area contributed by atoms with E-state index in [-0.39, 0.29) is 4.90 Å². The van der Waals surface area contributed by atoms with Crippen LogP contribution in [0.2, 0.25) is 5.02 Å². The summed E-state index contributed by atoms with van der Waals surface area (Å²) in [5.41, 5.74) is 1.92. The number of nitrogens with one attached hydrogen (secondary N) is 1. The second-order valence-corrected chi connectivity index (χ2v) is 6.74. The number of anilines is 1. The van der Waals surface area contributed by atoms with Crippen molar-refractivity contribution in [3.63, 3.8) is 0 Å². The van der Waals surface area contributed by atoms with E-state index < -0.39 is 10.0 Å². The zero-order chi connectivity index (χ0) is 15.0. The third-order valence-corrected chi connectivity index (χ3v) is 4.70. The van der Waals surface area contributed by atoms with Crippen LogP contribution in [0.25, 0.3) is 11.0 Å². The molecule has 0 aliphatic carbocycles. The monoisotopic (exact) mass is 321 g/mol. The predicted molar refractivity (Wildman–Crippen MR) is 83.0 cm³/mol. The SMILES string of the molecule is Cn1cnc2cc(S(=O)(=O)Nc3cccc(Cl)c3)ccc21.